The van der Waals surface area contributed by atoms with Gasteiger partial charge in [0, 0.05) is 9.37 Å². The molecule has 14 heavy (non-hydrogen) atoms. The maximum Gasteiger partial charge on any atom is 0.258 e. The highest BCUT2D eigenvalue weighted by molar-refractivity contribution is 9.10. The summed E-state index contributed by atoms with van der Waals surface area (Å²) >= 11 is 5.02. The molecule has 0 fully saturated rings. The van der Waals surface area contributed by atoms with Gasteiger partial charge < -0.3 is 4.98 Å². The van der Waals surface area contributed by atoms with Crippen molar-refractivity contribution < 1.29 is 0 Å². The number of rotatable bonds is 1. The Balaban J connectivity index is 2.87. The molecule has 0 aliphatic rings. The Morgan fingerprint density at radius 3 is 3.00 bits per heavy atom. The first-order valence-electron chi connectivity index (χ1n) is 3.93. The molecule has 5 heteroatoms. The molecule has 0 saturated heterocycles. The number of thioether (sulfide) groups is 1. The number of hydrogen-bond acceptors (Lipinski definition) is 3. The largest absolute Gasteiger partial charge is 0.313 e. The van der Waals surface area contributed by atoms with Crippen LogP contribution in [0.5, 0.6) is 0 Å². The lowest BCUT2D eigenvalue weighted by Crippen LogP contribution is -2.06. The van der Waals surface area contributed by atoms with Crippen LogP contribution in [0.15, 0.2) is 32.6 Å². The second-order valence-corrected chi connectivity index (χ2v) is 4.44. The van der Waals surface area contributed by atoms with Crippen molar-refractivity contribution >= 4 is 38.6 Å². The van der Waals surface area contributed by atoms with Crippen LogP contribution in [-0.2, 0) is 0 Å². The third-order valence-corrected chi connectivity index (χ3v) is 3.61. The summed E-state index contributed by atoms with van der Waals surface area (Å²) in [6.45, 7) is 0. The molecule has 0 bridgehead atoms. The standard InChI is InChI=1S/C9H7BrN2OS/c1-14-8-2-5-7(3-6(8)10)11-4-12-9(5)13/h2-4H,1H3,(H,11,12,13). The van der Waals surface area contributed by atoms with Gasteiger partial charge in [-0.2, -0.15) is 0 Å². The zero-order valence-corrected chi connectivity index (χ0v) is 9.78. The Hall–Kier alpha value is -0.810. The van der Waals surface area contributed by atoms with Gasteiger partial charge in [-0.15, -0.1) is 11.8 Å². The number of aromatic amines is 1. The first-order chi connectivity index (χ1) is 6.72. The van der Waals surface area contributed by atoms with Gasteiger partial charge in [0.05, 0.1) is 17.2 Å². The number of nitrogens with zero attached hydrogens (tertiary/aromatic N) is 1. The summed E-state index contributed by atoms with van der Waals surface area (Å²) in [5.41, 5.74) is 0.608. The highest BCUT2D eigenvalue weighted by Crippen LogP contribution is 2.28. The van der Waals surface area contributed by atoms with Crippen LogP contribution < -0.4 is 5.56 Å². The zero-order chi connectivity index (χ0) is 10.1. The van der Waals surface area contributed by atoms with Gasteiger partial charge in [-0.1, -0.05) is 0 Å². The molecule has 1 aromatic heterocycles. The van der Waals surface area contributed by atoms with E-state index >= 15 is 0 Å². The van der Waals surface area contributed by atoms with Gasteiger partial charge in [0.25, 0.3) is 5.56 Å². The number of nitrogens with one attached hydrogen (secondary N) is 1. The third-order valence-electron chi connectivity index (χ3n) is 1.91. The SMILES string of the molecule is CSc1cc2c(=O)[nH]cnc2cc1Br. The van der Waals surface area contributed by atoms with Gasteiger partial charge in [0.15, 0.2) is 0 Å². The molecule has 3 nitrogen and oxygen atoms in total. The van der Waals surface area contributed by atoms with Crippen molar-refractivity contribution in [1.82, 2.24) is 9.97 Å². The summed E-state index contributed by atoms with van der Waals surface area (Å²) in [6, 6.07) is 3.70. The van der Waals surface area contributed by atoms with Crippen molar-refractivity contribution in [3.63, 3.8) is 0 Å². The van der Waals surface area contributed by atoms with Crippen molar-refractivity contribution in [2.24, 2.45) is 0 Å². The van der Waals surface area contributed by atoms with Gasteiger partial charge in [0.2, 0.25) is 0 Å². The molecule has 2 aromatic rings. The molecule has 0 radical (unpaired) electrons. The second kappa shape index (κ2) is 3.74. The average molecular weight is 271 g/mol. The Bertz CT molecular complexity index is 538. The van der Waals surface area contributed by atoms with E-state index in [0.29, 0.717) is 10.9 Å². The summed E-state index contributed by atoms with van der Waals surface area (Å²) in [6.07, 6.45) is 3.38. The van der Waals surface area contributed by atoms with Gasteiger partial charge in [0.1, 0.15) is 0 Å². The van der Waals surface area contributed by atoms with Crippen LogP contribution in [0.2, 0.25) is 0 Å². The van der Waals surface area contributed by atoms with Crippen LogP contribution in [0.1, 0.15) is 0 Å². The molecule has 0 amide bonds. The smallest absolute Gasteiger partial charge is 0.258 e. The topological polar surface area (TPSA) is 45.8 Å². The summed E-state index contributed by atoms with van der Waals surface area (Å²) in [5, 5.41) is 0.625. The van der Waals surface area contributed by atoms with Crippen molar-refractivity contribution in [1.29, 1.82) is 0 Å². The summed E-state index contributed by atoms with van der Waals surface area (Å²) in [7, 11) is 0. The van der Waals surface area contributed by atoms with Gasteiger partial charge in [-0.3, -0.25) is 4.79 Å². The first kappa shape index (κ1) is 9.73. The molecule has 0 aliphatic heterocycles. The van der Waals surface area contributed by atoms with Crippen molar-refractivity contribution in [2.75, 3.05) is 6.26 Å². The predicted octanol–water partition coefficient (Wildman–Crippen LogP) is 2.41. The van der Waals surface area contributed by atoms with Crippen molar-refractivity contribution in [2.45, 2.75) is 4.90 Å². The average Bonchev–Trinajstić information content (AvgIpc) is 2.17. The highest BCUT2D eigenvalue weighted by Gasteiger charge is 2.04. The molecule has 0 spiro atoms. The van der Waals surface area contributed by atoms with Gasteiger partial charge in [-0.05, 0) is 34.3 Å². The molecule has 1 heterocycles. The molecular weight excluding hydrogens is 264 g/mol. The maximum absolute atomic E-state index is 11.4. The molecule has 0 atom stereocenters. The molecule has 0 saturated carbocycles. The summed E-state index contributed by atoms with van der Waals surface area (Å²) < 4.78 is 0.968. The van der Waals surface area contributed by atoms with E-state index in [0.717, 1.165) is 9.37 Å². The lowest BCUT2D eigenvalue weighted by Gasteiger charge is -2.02. The minimum atomic E-state index is -0.0993. The summed E-state index contributed by atoms with van der Waals surface area (Å²) in [4.78, 5) is 19.1. The second-order valence-electron chi connectivity index (χ2n) is 2.74. The van der Waals surface area contributed by atoms with E-state index in [1.54, 1.807) is 11.8 Å². The van der Waals surface area contributed by atoms with Crippen LogP contribution in [0.25, 0.3) is 10.9 Å². The minimum Gasteiger partial charge on any atom is -0.313 e. The van der Waals surface area contributed by atoms with E-state index in [9.17, 15) is 4.79 Å². The van der Waals surface area contributed by atoms with E-state index in [1.807, 2.05) is 18.4 Å². The number of fused-ring (bicyclic) bond motifs is 1. The van der Waals surface area contributed by atoms with Crippen LogP contribution in [0, 0.1) is 0 Å². The quantitative estimate of drug-likeness (QED) is 0.810. The highest BCUT2D eigenvalue weighted by atomic mass is 79.9. The normalized spacial score (nSPS) is 10.7. The Morgan fingerprint density at radius 2 is 2.29 bits per heavy atom. The van der Waals surface area contributed by atoms with E-state index in [1.165, 1.54) is 6.33 Å². The predicted molar refractivity (Wildman–Crippen MR) is 61.8 cm³/mol. The monoisotopic (exact) mass is 270 g/mol. The van der Waals surface area contributed by atoms with E-state index < -0.39 is 0 Å². The van der Waals surface area contributed by atoms with Crippen LogP contribution >= 0.6 is 27.7 Å². The molecule has 0 aliphatic carbocycles. The van der Waals surface area contributed by atoms with Crippen molar-refractivity contribution in [3.8, 4) is 0 Å². The molecular formula is C9H7BrN2OS. The Labute approximate surface area is 93.1 Å². The fourth-order valence-corrected chi connectivity index (χ4v) is 2.53. The lowest BCUT2D eigenvalue weighted by molar-refractivity contribution is 1.16. The number of halogens is 1. The fraction of sp³-hybridized carbons (Fsp3) is 0.111. The fourth-order valence-electron chi connectivity index (χ4n) is 1.23. The van der Waals surface area contributed by atoms with Gasteiger partial charge >= 0.3 is 0 Å². The van der Waals surface area contributed by atoms with Crippen LogP contribution in [-0.4, -0.2) is 16.2 Å². The third kappa shape index (κ3) is 1.57. The van der Waals surface area contributed by atoms with E-state index in [4.69, 9.17) is 0 Å². The van der Waals surface area contributed by atoms with Crippen molar-refractivity contribution in [3.05, 3.63) is 33.3 Å². The van der Waals surface area contributed by atoms with Crippen LogP contribution in [0.4, 0.5) is 0 Å². The number of aromatic nitrogens is 2. The Kier molecular flexibility index (Phi) is 2.60. The molecule has 1 N–H and O–H groups in total. The molecule has 0 unspecified atom stereocenters. The van der Waals surface area contributed by atoms with Crippen LogP contribution in [0.3, 0.4) is 0 Å². The molecule has 1 aromatic carbocycles. The maximum atomic E-state index is 11.4. The number of hydrogen-bond donors (Lipinski definition) is 1. The minimum absolute atomic E-state index is 0.0993. The van der Waals surface area contributed by atoms with E-state index in [-0.39, 0.29) is 5.56 Å². The lowest BCUT2D eigenvalue weighted by atomic mass is 10.2. The Morgan fingerprint density at radius 1 is 1.50 bits per heavy atom. The van der Waals surface area contributed by atoms with Gasteiger partial charge in [-0.25, -0.2) is 4.98 Å². The number of benzene rings is 1. The summed E-state index contributed by atoms with van der Waals surface area (Å²) in [5.74, 6) is 0. The molecule has 2 rings (SSSR count). The zero-order valence-electron chi connectivity index (χ0n) is 7.37. The first-order valence-corrected chi connectivity index (χ1v) is 5.95. The number of H-pyrrole nitrogens is 1. The van der Waals surface area contributed by atoms with E-state index in [2.05, 4.69) is 25.9 Å². The molecule has 72 valence electrons.